The maximum absolute atomic E-state index is 4.13. The molecule has 122 valence electrons. The monoisotopic (exact) mass is 298 g/mol. The second kappa shape index (κ2) is 7.81. The molecule has 0 aromatic carbocycles. The fourth-order valence-corrected chi connectivity index (χ4v) is 4.51. The first kappa shape index (κ1) is 18.7. The van der Waals surface area contributed by atoms with Gasteiger partial charge in [-0.3, -0.25) is 0 Å². The van der Waals surface area contributed by atoms with E-state index < -0.39 is 0 Å². The molecule has 0 nitrogen and oxygen atoms in total. The number of hydrogen-bond acceptors (Lipinski definition) is 0. The van der Waals surface area contributed by atoms with Crippen LogP contribution >= 0.6 is 0 Å². The van der Waals surface area contributed by atoms with Crippen molar-refractivity contribution in [2.45, 2.75) is 60.8 Å². The highest BCUT2D eigenvalue weighted by atomic mass is 14.5. The molecule has 2 atom stereocenters. The van der Waals surface area contributed by atoms with Crippen molar-refractivity contribution in [3.8, 4) is 0 Å². The van der Waals surface area contributed by atoms with Crippen LogP contribution in [0.25, 0.3) is 0 Å². The fourth-order valence-electron chi connectivity index (χ4n) is 4.51. The summed E-state index contributed by atoms with van der Waals surface area (Å²) in [5.74, 6) is 0.720. The van der Waals surface area contributed by atoms with E-state index in [-0.39, 0.29) is 5.41 Å². The highest BCUT2D eigenvalue weighted by molar-refractivity contribution is 5.43. The highest BCUT2D eigenvalue weighted by Crippen LogP contribution is 2.56. The van der Waals surface area contributed by atoms with Crippen LogP contribution in [0, 0.1) is 16.7 Å². The standard InChI is InChI=1S/C22H34/c1-8-12-14-20(11-4)22(19(10-3)13-9-2)16-18(5)15-21(6,7)17-22/h8-14,18H,4,15-17H2,1-3,5-7H3/b12-8-,13-9-,19-10+,20-14+. The van der Waals surface area contributed by atoms with Gasteiger partial charge in [0.2, 0.25) is 0 Å². The SMILES string of the molecule is C=C/C(=C\C=C/C)C1(C(/C=C\C)=C/C)CC(C)CC(C)(C)C1. The average molecular weight is 299 g/mol. The van der Waals surface area contributed by atoms with Gasteiger partial charge in [0.05, 0.1) is 0 Å². The molecule has 1 rings (SSSR count). The summed E-state index contributed by atoms with van der Waals surface area (Å²) < 4.78 is 0. The van der Waals surface area contributed by atoms with Crippen molar-refractivity contribution >= 4 is 0 Å². The van der Waals surface area contributed by atoms with Gasteiger partial charge in [0.15, 0.2) is 0 Å². The maximum atomic E-state index is 4.13. The summed E-state index contributed by atoms with van der Waals surface area (Å²) in [6.07, 6.45) is 19.0. The van der Waals surface area contributed by atoms with Crippen molar-refractivity contribution in [3.63, 3.8) is 0 Å². The summed E-state index contributed by atoms with van der Waals surface area (Å²) >= 11 is 0. The Balaban J connectivity index is 3.53. The first-order chi connectivity index (χ1) is 10.3. The third-order valence-corrected chi connectivity index (χ3v) is 4.83. The predicted molar refractivity (Wildman–Crippen MR) is 101 cm³/mol. The lowest BCUT2D eigenvalue weighted by Crippen LogP contribution is -2.39. The van der Waals surface area contributed by atoms with E-state index in [1.807, 2.05) is 0 Å². The summed E-state index contributed by atoms with van der Waals surface area (Å²) in [5.41, 5.74) is 3.23. The van der Waals surface area contributed by atoms with Gasteiger partial charge in [-0.05, 0) is 62.5 Å². The molecule has 0 amide bonds. The van der Waals surface area contributed by atoms with Gasteiger partial charge in [-0.1, -0.05) is 69.9 Å². The number of allylic oxidation sites excluding steroid dienone is 9. The molecule has 22 heavy (non-hydrogen) atoms. The zero-order chi connectivity index (χ0) is 16.8. The molecule has 1 aliphatic rings. The molecule has 0 radical (unpaired) electrons. The van der Waals surface area contributed by atoms with Gasteiger partial charge in [-0.2, -0.15) is 0 Å². The zero-order valence-corrected chi connectivity index (χ0v) is 15.4. The molecule has 2 unspecified atom stereocenters. The van der Waals surface area contributed by atoms with Crippen LogP contribution in [0.5, 0.6) is 0 Å². The molecule has 1 saturated carbocycles. The van der Waals surface area contributed by atoms with E-state index in [0.29, 0.717) is 5.41 Å². The van der Waals surface area contributed by atoms with E-state index in [9.17, 15) is 0 Å². The average Bonchev–Trinajstić information content (AvgIpc) is 2.43. The van der Waals surface area contributed by atoms with E-state index in [2.05, 4.69) is 90.7 Å². The van der Waals surface area contributed by atoms with Gasteiger partial charge < -0.3 is 0 Å². The van der Waals surface area contributed by atoms with Gasteiger partial charge >= 0.3 is 0 Å². The van der Waals surface area contributed by atoms with Gasteiger partial charge in [-0.15, -0.1) is 0 Å². The zero-order valence-electron chi connectivity index (χ0n) is 15.4. The Labute approximate surface area is 138 Å². The molecule has 0 heterocycles. The summed E-state index contributed by atoms with van der Waals surface area (Å²) in [6.45, 7) is 17.7. The summed E-state index contributed by atoms with van der Waals surface area (Å²) in [4.78, 5) is 0. The predicted octanol–water partition coefficient (Wildman–Crippen LogP) is 7.03. The van der Waals surface area contributed by atoms with E-state index in [0.717, 1.165) is 5.92 Å². The Hall–Kier alpha value is -1.30. The van der Waals surface area contributed by atoms with Crippen LogP contribution < -0.4 is 0 Å². The Morgan fingerprint density at radius 2 is 1.73 bits per heavy atom. The van der Waals surface area contributed by atoms with E-state index in [4.69, 9.17) is 0 Å². The van der Waals surface area contributed by atoms with Crippen molar-refractivity contribution in [2.75, 3.05) is 0 Å². The molecule has 1 aliphatic carbocycles. The van der Waals surface area contributed by atoms with E-state index in [1.54, 1.807) is 0 Å². The maximum Gasteiger partial charge on any atom is 0.0206 e. The van der Waals surface area contributed by atoms with Crippen LogP contribution in [0.2, 0.25) is 0 Å². The van der Waals surface area contributed by atoms with Crippen LogP contribution in [0.3, 0.4) is 0 Å². The van der Waals surface area contributed by atoms with E-state index in [1.165, 1.54) is 30.4 Å². The highest BCUT2D eigenvalue weighted by Gasteiger charge is 2.45. The Kier molecular flexibility index (Phi) is 6.66. The molecule has 0 aromatic heterocycles. The van der Waals surface area contributed by atoms with Crippen LogP contribution in [0.4, 0.5) is 0 Å². The molecular formula is C22H34. The minimum absolute atomic E-state index is 0.0870. The number of hydrogen-bond donors (Lipinski definition) is 0. The molecule has 0 saturated heterocycles. The molecular weight excluding hydrogens is 264 g/mol. The van der Waals surface area contributed by atoms with Crippen LogP contribution in [-0.2, 0) is 0 Å². The third-order valence-electron chi connectivity index (χ3n) is 4.83. The van der Waals surface area contributed by atoms with Crippen molar-refractivity contribution in [1.29, 1.82) is 0 Å². The van der Waals surface area contributed by atoms with Gasteiger partial charge in [0.25, 0.3) is 0 Å². The molecule has 0 aromatic rings. The molecule has 0 N–H and O–H groups in total. The van der Waals surface area contributed by atoms with Crippen molar-refractivity contribution in [2.24, 2.45) is 16.7 Å². The first-order valence-electron chi connectivity index (χ1n) is 8.60. The second-order valence-corrected chi connectivity index (χ2v) is 7.53. The summed E-state index contributed by atoms with van der Waals surface area (Å²) in [5, 5.41) is 0. The van der Waals surface area contributed by atoms with Gasteiger partial charge in [0, 0.05) is 5.41 Å². The minimum Gasteiger partial charge on any atom is -0.0988 e. The van der Waals surface area contributed by atoms with Crippen LogP contribution in [0.15, 0.2) is 60.3 Å². The molecule has 0 bridgehead atoms. The minimum atomic E-state index is 0.0870. The first-order valence-corrected chi connectivity index (χ1v) is 8.60. The second-order valence-electron chi connectivity index (χ2n) is 7.53. The lowest BCUT2D eigenvalue weighted by molar-refractivity contribution is 0.103. The normalized spacial score (nSPS) is 30.2. The summed E-state index contributed by atoms with van der Waals surface area (Å²) in [7, 11) is 0. The molecule has 0 spiro atoms. The van der Waals surface area contributed by atoms with E-state index >= 15 is 0 Å². The van der Waals surface area contributed by atoms with Crippen molar-refractivity contribution in [1.82, 2.24) is 0 Å². The lowest BCUT2D eigenvalue weighted by atomic mass is 9.54. The Morgan fingerprint density at radius 1 is 1.05 bits per heavy atom. The number of rotatable bonds is 5. The topological polar surface area (TPSA) is 0 Å². The quantitative estimate of drug-likeness (QED) is 0.478. The van der Waals surface area contributed by atoms with Crippen molar-refractivity contribution in [3.05, 3.63) is 60.3 Å². The smallest absolute Gasteiger partial charge is 0.0206 e. The summed E-state index contributed by atoms with van der Waals surface area (Å²) in [6, 6.07) is 0. The van der Waals surface area contributed by atoms with Crippen LogP contribution in [0.1, 0.15) is 60.8 Å². The van der Waals surface area contributed by atoms with Gasteiger partial charge in [-0.25, -0.2) is 0 Å². The molecule has 0 heteroatoms. The fraction of sp³-hybridized carbons (Fsp3) is 0.545. The largest absolute Gasteiger partial charge is 0.0988 e. The lowest BCUT2D eigenvalue weighted by Gasteiger charge is -2.49. The molecule has 1 fully saturated rings. The Morgan fingerprint density at radius 3 is 2.18 bits per heavy atom. The van der Waals surface area contributed by atoms with Crippen molar-refractivity contribution < 1.29 is 0 Å². The van der Waals surface area contributed by atoms with Crippen LogP contribution in [-0.4, -0.2) is 0 Å². The Bertz CT molecular complexity index is 496. The third kappa shape index (κ3) is 4.12. The molecule has 0 aliphatic heterocycles. The van der Waals surface area contributed by atoms with Gasteiger partial charge in [0.1, 0.15) is 0 Å².